The Morgan fingerprint density at radius 1 is 1.50 bits per heavy atom. The first kappa shape index (κ1) is 16.0. The number of hydrogen-bond acceptors (Lipinski definition) is 1. The van der Waals surface area contributed by atoms with Crippen LogP contribution in [0, 0.1) is 5.92 Å². The van der Waals surface area contributed by atoms with Crippen LogP contribution in [0.4, 0.5) is 0 Å². The summed E-state index contributed by atoms with van der Waals surface area (Å²) in [6.45, 7) is 4.43. The van der Waals surface area contributed by atoms with Crippen molar-refractivity contribution in [2.24, 2.45) is 5.92 Å². The molecule has 0 aliphatic heterocycles. The smallest absolute Gasteiger partial charge is 1.00 e. The normalized spacial score (nSPS) is 10.9. The molecule has 0 heterocycles. The zero-order valence-electron chi connectivity index (χ0n) is 5.52. The molecule has 0 rings (SSSR count). The maximum Gasteiger partial charge on any atom is 2.00 e. The van der Waals surface area contributed by atoms with E-state index in [-0.39, 0.29) is 35.5 Å². The molecule has 0 saturated heterocycles. The van der Waals surface area contributed by atoms with E-state index in [9.17, 15) is 0 Å². The van der Waals surface area contributed by atoms with Crippen LogP contribution >= 0.6 is 0 Å². The van der Waals surface area contributed by atoms with Gasteiger partial charge in [-0.25, -0.2) is 0 Å². The molecule has 0 aromatic rings. The van der Waals surface area contributed by atoms with Gasteiger partial charge < -0.3 is 17.5 Å². The van der Waals surface area contributed by atoms with E-state index in [1.54, 1.807) is 0 Å². The summed E-state index contributed by atoms with van der Waals surface area (Å²) in [6, 6.07) is 0. The Hall–Kier alpha value is 1.02. The Kier molecular flexibility index (Phi) is 21.8. The van der Waals surface area contributed by atoms with Gasteiger partial charge >= 0.3 is 23.1 Å². The summed E-state index contributed by atoms with van der Waals surface area (Å²) in [6.07, 6.45) is 1.08. The van der Waals surface area contributed by atoms with Crippen LogP contribution < -0.4 is 12.4 Å². The van der Waals surface area contributed by atoms with E-state index >= 15 is 0 Å². The van der Waals surface area contributed by atoms with Crippen molar-refractivity contribution in [1.29, 1.82) is 0 Å². The van der Waals surface area contributed by atoms with Gasteiger partial charge in [0.15, 0.2) is 0 Å². The van der Waals surface area contributed by atoms with Crippen molar-refractivity contribution in [2.45, 2.75) is 20.3 Å². The third-order valence-electron chi connectivity index (χ3n) is 1.01. The largest absolute Gasteiger partial charge is 2.00 e. The van der Waals surface area contributed by atoms with E-state index in [2.05, 4.69) is 6.92 Å². The van der Waals surface area contributed by atoms with Gasteiger partial charge in [0.1, 0.15) is 0 Å². The first-order valence-corrected chi connectivity index (χ1v) is 2.42. The number of aliphatic hydroxyl groups excluding tert-OH is 1. The summed E-state index contributed by atoms with van der Waals surface area (Å²) in [4.78, 5) is 0. The molecule has 1 atom stereocenters. The molecule has 0 aliphatic rings. The summed E-state index contributed by atoms with van der Waals surface area (Å²) in [7, 11) is 0. The van der Waals surface area contributed by atoms with E-state index in [1.807, 2.05) is 6.92 Å². The SMILES string of the molecule is CCC(C)CO.[Cl-].[Mg+2]. The van der Waals surface area contributed by atoms with E-state index in [4.69, 9.17) is 5.11 Å². The van der Waals surface area contributed by atoms with Crippen molar-refractivity contribution in [3.63, 3.8) is 0 Å². The Balaban J connectivity index is -0.000000125. The van der Waals surface area contributed by atoms with E-state index in [1.165, 1.54) is 0 Å². The quantitative estimate of drug-likeness (QED) is 0.434. The zero-order valence-corrected chi connectivity index (χ0v) is 7.69. The van der Waals surface area contributed by atoms with E-state index in [0.29, 0.717) is 12.5 Å². The average molecular weight is 148 g/mol. The van der Waals surface area contributed by atoms with Crippen molar-refractivity contribution in [3.8, 4) is 0 Å². The number of hydrogen-bond donors (Lipinski definition) is 1. The van der Waals surface area contributed by atoms with Gasteiger partial charge in [0.25, 0.3) is 0 Å². The van der Waals surface area contributed by atoms with E-state index in [0.717, 1.165) is 6.42 Å². The summed E-state index contributed by atoms with van der Waals surface area (Å²) in [5.74, 6) is 0.491. The molecular weight excluding hydrogens is 136 g/mol. The second-order valence-corrected chi connectivity index (χ2v) is 1.70. The second kappa shape index (κ2) is 10.9. The van der Waals surface area contributed by atoms with E-state index < -0.39 is 0 Å². The van der Waals surface area contributed by atoms with Crippen LogP contribution in [0.15, 0.2) is 0 Å². The Morgan fingerprint density at radius 2 is 1.88 bits per heavy atom. The molecule has 0 saturated carbocycles. The Bertz CT molecular complexity index is 31.6. The van der Waals surface area contributed by atoms with Crippen LogP contribution in [0.3, 0.4) is 0 Å². The standard InChI is InChI=1S/C5H12O.ClH.Mg/c1-3-5(2)4-6;;/h5-6H,3-4H2,1-2H3;1H;/q;;+2/p-1. The van der Waals surface area contributed by atoms with Crippen LogP contribution in [-0.2, 0) is 0 Å². The van der Waals surface area contributed by atoms with Crippen LogP contribution in [0.1, 0.15) is 20.3 Å². The fourth-order valence-corrected chi connectivity index (χ4v) is 0.129. The minimum absolute atomic E-state index is 0. The van der Waals surface area contributed by atoms with Crippen LogP contribution in [0.5, 0.6) is 0 Å². The maximum atomic E-state index is 8.33. The molecule has 0 aromatic heterocycles. The molecule has 1 unspecified atom stereocenters. The van der Waals surface area contributed by atoms with Crippen LogP contribution in [-0.4, -0.2) is 34.8 Å². The molecular formula is C5H12ClMgO+. The molecule has 0 amide bonds. The fraction of sp³-hybridized carbons (Fsp3) is 1.00. The van der Waals surface area contributed by atoms with Crippen molar-refractivity contribution in [3.05, 3.63) is 0 Å². The molecule has 1 nitrogen and oxygen atoms in total. The zero-order chi connectivity index (χ0) is 4.99. The summed E-state index contributed by atoms with van der Waals surface area (Å²) >= 11 is 0. The number of rotatable bonds is 2. The monoisotopic (exact) mass is 147 g/mol. The number of halogens is 1. The minimum Gasteiger partial charge on any atom is -1.00 e. The topological polar surface area (TPSA) is 20.2 Å². The first-order valence-electron chi connectivity index (χ1n) is 2.42. The van der Waals surface area contributed by atoms with Gasteiger partial charge in [-0.05, 0) is 5.92 Å². The Labute approximate surface area is 73.4 Å². The first-order chi connectivity index (χ1) is 2.81. The van der Waals surface area contributed by atoms with Gasteiger partial charge in [-0.15, -0.1) is 0 Å². The fourth-order valence-electron chi connectivity index (χ4n) is 0.129. The predicted octanol–water partition coefficient (Wildman–Crippen LogP) is -2.35. The molecule has 0 bridgehead atoms. The van der Waals surface area contributed by atoms with Crippen molar-refractivity contribution in [2.75, 3.05) is 6.61 Å². The molecule has 0 spiro atoms. The third-order valence-corrected chi connectivity index (χ3v) is 1.01. The van der Waals surface area contributed by atoms with Crippen LogP contribution in [0.25, 0.3) is 0 Å². The van der Waals surface area contributed by atoms with Gasteiger partial charge in [-0.1, -0.05) is 20.3 Å². The predicted molar refractivity (Wildman–Crippen MR) is 32.3 cm³/mol. The summed E-state index contributed by atoms with van der Waals surface area (Å²) in [5.41, 5.74) is 0. The molecule has 0 aliphatic carbocycles. The van der Waals surface area contributed by atoms with Crippen LogP contribution in [0.2, 0.25) is 0 Å². The minimum atomic E-state index is 0. The van der Waals surface area contributed by atoms with Crippen molar-refractivity contribution in [1.82, 2.24) is 0 Å². The molecule has 0 radical (unpaired) electrons. The Morgan fingerprint density at radius 3 is 1.88 bits per heavy atom. The van der Waals surface area contributed by atoms with Gasteiger partial charge in [0, 0.05) is 6.61 Å². The summed E-state index contributed by atoms with van der Waals surface area (Å²) in [5, 5.41) is 8.33. The second-order valence-electron chi connectivity index (χ2n) is 1.70. The molecule has 0 aromatic carbocycles. The molecule has 0 fully saturated rings. The average Bonchev–Trinajstić information content (AvgIpc) is 1.65. The van der Waals surface area contributed by atoms with Gasteiger partial charge in [0.2, 0.25) is 0 Å². The van der Waals surface area contributed by atoms with Gasteiger partial charge in [0.05, 0.1) is 0 Å². The van der Waals surface area contributed by atoms with Crippen molar-refractivity contribution >= 4 is 23.1 Å². The molecule has 8 heavy (non-hydrogen) atoms. The van der Waals surface area contributed by atoms with Crippen molar-refractivity contribution < 1.29 is 17.5 Å². The maximum absolute atomic E-state index is 8.33. The summed E-state index contributed by atoms with van der Waals surface area (Å²) < 4.78 is 0. The number of aliphatic hydroxyl groups is 1. The molecule has 46 valence electrons. The molecule has 1 N–H and O–H groups in total. The molecule has 3 heteroatoms. The third kappa shape index (κ3) is 10.1. The van der Waals surface area contributed by atoms with Gasteiger partial charge in [-0.3, -0.25) is 0 Å². The van der Waals surface area contributed by atoms with Gasteiger partial charge in [-0.2, -0.15) is 0 Å².